The SMILES string of the molecule is CCCCC/C=C/CC/C=C/C(O)C(COP(=O)(O)OCC[N+](C)(C)C)NC(=O)CCCCCCCCCCCCCCCCCCC/C=C\CCCCCCCCCC. The third kappa shape index (κ3) is 44.8. The number of carbonyl (C=O) groups is 1. The molecule has 0 aliphatic rings. The van der Waals surface area contributed by atoms with Gasteiger partial charge >= 0.3 is 7.82 Å². The molecule has 0 aliphatic heterocycles. The maximum atomic E-state index is 12.9. The Morgan fingerprint density at radius 1 is 0.550 bits per heavy atom. The molecule has 3 N–H and O–H groups in total. The van der Waals surface area contributed by atoms with E-state index in [1.807, 2.05) is 27.2 Å². The van der Waals surface area contributed by atoms with Crippen LogP contribution in [0.5, 0.6) is 0 Å². The van der Waals surface area contributed by atoms with E-state index < -0.39 is 20.0 Å². The fourth-order valence-corrected chi connectivity index (χ4v) is 8.02. The molecule has 3 unspecified atom stereocenters. The first kappa shape index (κ1) is 58.7. The zero-order valence-electron chi connectivity index (χ0n) is 40.2. The summed E-state index contributed by atoms with van der Waals surface area (Å²) in [5.41, 5.74) is 0. The summed E-state index contributed by atoms with van der Waals surface area (Å²) < 4.78 is 23.5. The number of nitrogens with one attached hydrogen (secondary N) is 1. The highest BCUT2D eigenvalue weighted by atomic mass is 31.2. The Balaban J connectivity index is 4.01. The van der Waals surface area contributed by atoms with E-state index in [-0.39, 0.29) is 19.1 Å². The topological polar surface area (TPSA) is 105 Å². The van der Waals surface area contributed by atoms with Crippen LogP contribution in [-0.2, 0) is 18.4 Å². The monoisotopic (exact) mass is 868 g/mol. The second-order valence-electron chi connectivity index (χ2n) is 18.5. The number of quaternary nitrogens is 1. The fourth-order valence-electron chi connectivity index (χ4n) is 7.29. The van der Waals surface area contributed by atoms with Gasteiger partial charge in [-0.25, -0.2) is 4.57 Å². The predicted molar refractivity (Wildman–Crippen MR) is 258 cm³/mol. The number of allylic oxidation sites excluding steroid dienone is 5. The van der Waals surface area contributed by atoms with Crippen molar-refractivity contribution in [1.29, 1.82) is 0 Å². The molecule has 0 saturated heterocycles. The van der Waals surface area contributed by atoms with Gasteiger partial charge in [0.25, 0.3) is 0 Å². The van der Waals surface area contributed by atoms with E-state index in [9.17, 15) is 19.4 Å². The number of aliphatic hydroxyl groups excluding tert-OH is 1. The molecule has 60 heavy (non-hydrogen) atoms. The molecule has 0 fully saturated rings. The smallest absolute Gasteiger partial charge is 0.387 e. The van der Waals surface area contributed by atoms with Crippen LogP contribution in [0.4, 0.5) is 0 Å². The van der Waals surface area contributed by atoms with Gasteiger partial charge in [-0.1, -0.05) is 204 Å². The van der Waals surface area contributed by atoms with Gasteiger partial charge in [-0.3, -0.25) is 13.8 Å². The zero-order chi connectivity index (χ0) is 44.3. The third-order valence-electron chi connectivity index (χ3n) is 11.3. The maximum absolute atomic E-state index is 12.9. The molecule has 0 spiro atoms. The molecule has 0 aromatic rings. The van der Waals surface area contributed by atoms with Gasteiger partial charge in [-0.2, -0.15) is 0 Å². The van der Waals surface area contributed by atoms with Gasteiger partial charge in [0.15, 0.2) is 0 Å². The van der Waals surface area contributed by atoms with Gasteiger partial charge in [0, 0.05) is 6.42 Å². The van der Waals surface area contributed by atoms with Crippen molar-refractivity contribution in [2.24, 2.45) is 0 Å². The fraction of sp³-hybridized carbons (Fsp3) is 0.863. The highest BCUT2D eigenvalue weighted by molar-refractivity contribution is 7.47. The number of phosphoric acid groups is 1. The number of hydrogen-bond donors (Lipinski definition) is 3. The van der Waals surface area contributed by atoms with Gasteiger partial charge in [0.05, 0.1) is 39.9 Å². The number of carbonyl (C=O) groups excluding carboxylic acids is 1. The van der Waals surface area contributed by atoms with Crippen LogP contribution in [0, 0.1) is 0 Å². The van der Waals surface area contributed by atoms with Crippen molar-refractivity contribution in [3.05, 3.63) is 36.5 Å². The van der Waals surface area contributed by atoms with Crippen LogP contribution in [0.1, 0.15) is 232 Å². The first-order chi connectivity index (χ1) is 29.0. The van der Waals surface area contributed by atoms with Crippen molar-refractivity contribution in [3.8, 4) is 0 Å². The predicted octanol–water partition coefficient (Wildman–Crippen LogP) is 14.6. The summed E-state index contributed by atoms with van der Waals surface area (Å²) in [5, 5.41) is 13.8. The molecule has 0 bridgehead atoms. The highest BCUT2D eigenvalue weighted by Crippen LogP contribution is 2.43. The largest absolute Gasteiger partial charge is 0.472 e. The van der Waals surface area contributed by atoms with E-state index in [1.165, 1.54) is 173 Å². The van der Waals surface area contributed by atoms with E-state index in [1.54, 1.807) is 6.08 Å². The number of phosphoric ester groups is 1. The Morgan fingerprint density at radius 3 is 1.37 bits per heavy atom. The van der Waals surface area contributed by atoms with Gasteiger partial charge in [-0.05, 0) is 57.8 Å². The number of amides is 1. The van der Waals surface area contributed by atoms with Crippen LogP contribution >= 0.6 is 7.82 Å². The first-order valence-corrected chi connectivity index (χ1v) is 26.9. The molecule has 0 aliphatic carbocycles. The minimum atomic E-state index is -4.34. The van der Waals surface area contributed by atoms with E-state index in [4.69, 9.17) is 9.05 Å². The van der Waals surface area contributed by atoms with Crippen molar-refractivity contribution in [3.63, 3.8) is 0 Å². The summed E-state index contributed by atoms with van der Waals surface area (Å²) in [6.07, 6.45) is 54.0. The number of nitrogens with zero attached hydrogens (tertiary/aromatic N) is 1. The molecule has 8 nitrogen and oxygen atoms in total. The second kappa shape index (κ2) is 43.0. The lowest BCUT2D eigenvalue weighted by atomic mass is 10.0. The van der Waals surface area contributed by atoms with Gasteiger partial charge in [0.1, 0.15) is 13.2 Å². The molecule has 0 rings (SSSR count). The number of aliphatic hydroxyl groups is 1. The summed E-state index contributed by atoms with van der Waals surface area (Å²) in [5.74, 6) is -0.188. The first-order valence-electron chi connectivity index (χ1n) is 25.4. The molecule has 0 saturated carbocycles. The number of hydrogen-bond acceptors (Lipinski definition) is 5. The van der Waals surface area contributed by atoms with E-state index in [0.717, 1.165) is 38.5 Å². The Labute approximate surface area is 372 Å². The van der Waals surface area contributed by atoms with Crippen LogP contribution in [0.2, 0.25) is 0 Å². The average molecular weight is 868 g/mol. The third-order valence-corrected chi connectivity index (χ3v) is 12.3. The molecule has 0 aromatic carbocycles. The lowest BCUT2D eigenvalue weighted by molar-refractivity contribution is -0.870. The summed E-state index contributed by atoms with van der Waals surface area (Å²) in [4.78, 5) is 23.1. The maximum Gasteiger partial charge on any atom is 0.472 e. The molecule has 354 valence electrons. The molecule has 0 aromatic heterocycles. The quantitative estimate of drug-likeness (QED) is 0.0244. The summed E-state index contributed by atoms with van der Waals surface area (Å²) in [6.45, 7) is 4.75. The van der Waals surface area contributed by atoms with Crippen molar-refractivity contribution in [1.82, 2.24) is 5.32 Å². The minimum Gasteiger partial charge on any atom is -0.387 e. The second-order valence-corrected chi connectivity index (χ2v) is 20.0. The van der Waals surface area contributed by atoms with Gasteiger partial charge in [-0.15, -0.1) is 0 Å². The van der Waals surface area contributed by atoms with Crippen molar-refractivity contribution in [2.45, 2.75) is 244 Å². The molecule has 1 amide bonds. The molecule has 0 radical (unpaired) electrons. The van der Waals surface area contributed by atoms with Crippen molar-refractivity contribution >= 4 is 13.7 Å². The molecule has 0 heterocycles. The van der Waals surface area contributed by atoms with Crippen LogP contribution < -0.4 is 5.32 Å². The van der Waals surface area contributed by atoms with E-state index in [2.05, 4.69) is 43.5 Å². The number of likely N-dealkylation sites (N-methyl/N-ethyl adjacent to an activating group) is 1. The molecular weight excluding hydrogens is 768 g/mol. The summed E-state index contributed by atoms with van der Waals surface area (Å²) >= 11 is 0. The van der Waals surface area contributed by atoms with Crippen LogP contribution in [0.25, 0.3) is 0 Å². The standard InChI is InChI=1S/C51H99N2O6P/c1-6-8-10-12-14-16-17-18-19-20-21-22-23-24-25-26-27-28-29-30-31-32-33-34-35-37-39-41-43-45-51(55)52-49(48-59-60(56,57)58-47-46-53(3,4)5)50(54)44-42-40-38-36-15-13-11-9-7-2/h15,20-21,36,42,44,49-50,54H,6-14,16-19,22-35,37-41,43,45-48H2,1-5H3,(H-,52,55,56,57)/p+1/b21-20-,36-15+,44-42+. The number of unbranched alkanes of at least 4 members (excludes halogenated alkanes) is 29. The molecule has 3 atom stereocenters. The zero-order valence-corrected chi connectivity index (χ0v) is 41.1. The lowest BCUT2D eigenvalue weighted by Gasteiger charge is -2.25. The average Bonchev–Trinajstić information content (AvgIpc) is 3.20. The van der Waals surface area contributed by atoms with E-state index >= 15 is 0 Å². The normalized spacial score (nSPS) is 14.4. The van der Waals surface area contributed by atoms with Crippen LogP contribution in [0.15, 0.2) is 36.5 Å². The van der Waals surface area contributed by atoms with Crippen LogP contribution in [0.3, 0.4) is 0 Å². The van der Waals surface area contributed by atoms with Crippen LogP contribution in [-0.4, -0.2) is 73.4 Å². The van der Waals surface area contributed by atoms with E-state index in [0.29, 0.717) is 17.4 Å². The number of rotatable bonds is 46. The summed E-state index contributed by atoms with van der Waals surface area (Å²) in [6, 6.07) is -0.859. The van der Waals surface area contributed by atoms with Crippen molar-refractivity contribution in [2.75, 3.05) is 40.9 Å². The minimum absolute atomic E-state index is 0.0567. The Kier molecular flexibility index (Phi) is 42.1. The highest BCUT2D eigenvalue weighted by Gasteiger charge is 2.27. The molecule has 9 heteroatoms. The molecular formula is C51H100N2O6P+. The Hall–Kier alpha value is -1.28. The van der Waals surface area contributed by atoms with Gasteiger partial charge < -0.3 is 19.8 Å². The Bertz CT molecular complexity index is 1070. The van der Waals surface area contributed by atoms with Gasteiger partial charge in [0.2, 0.25) is 5.91 Å². The summed E-state index contributed by atoms with van der Waals surface area (Å²) in [7, 11) is 1.56. The van der Waals surface area contributed by atoms with Crippen molar-refractivity contribution < 1.29 is 32.9 Å². The Morgan fingerprint density at radius 2 is 0.917 bits per heavy atom. The lowest BCUT2D eigenvalue weighted by Crippen LogP contribution is -2.45.